The van der Waals surface area contributed by atoms with E-state index in [0.717, 1.165) is 37.8 Å². The van der Waals surface area contributed by atoms with E-state index in [2.05, 4.69) is 10.3 Å². The van der Waals surface area contributed by atoms with Crippen molar-refractivity contribution < 1.29 is 13.9 Å². The zero-order chi connectivity index (χ0) is 11.2. The van der Waals surface area contributed by atoms with Crippen molar-refractivity contribution in [2.75, 3.05) is 33.5 Å². The molecule has 1 aliphatic rings. The lowest BCUT2D eigenvalue weighted by Crippen LogP contribution is -2.18. The molecular formula is C11H18N2O3. The van der Waals surface area contributed by atoms with Crippen LogP contribution in [0.1, 0.15) is 24.0 Å². The Morgan fingerprint density at radius 2 is 2.56 bits per heavy atom. The minimum atomic E-state index is 0.389. The summed E-state index contributed by atoms with van der Waals surface area (Å²) in [5.74, 6) is 2.07. The molecule has 1 aromatic heterocycles. The van der Waals surface area contributed by atoms with E-state index in [1.165, 1.54) is 0 Å². The molecule has 1 unspecified atom stereocenters. The Morgan fingerprint density at radius 1 is 1.62 bits per heavy atom. The van der Waals surface area contributed by atoms with Gasteiger partial charge in [-0.25, -0.2) is 4.98 Å². The van der Waals surface area contributed by atoms with Gasteiger partial charge in [-0.05, 0) is 6.42 Å². The monoisotopic (exact) mass is 226 g/mol. The van der Waals surface area contributed by atoms with Crippen molar-refractivity contribution in [3.05, 3.63) is 17.8 Å². The predicted molar refractivity (Wildman–Crippen MR) is 58.3 cm³/mol. The average molecular weight is 226 g/mol. The van der Waals surface area contributed by atoms with E-state index in [1.807, 2.05) is 6.20 Å². The Labute approximate surface area is 95.1 Å². The zero-order valence-electron chi connectivity index (χ0n) is 9.57. The van der Waals surface area contributed by atoms with Crippen LogP contribution in [0.25, 0.3) is 0 Å². The fourth-order valence-corrected chi connectivity index (χ4v) is 1.72. The molecular weight excluding hydrogens is 208 g/mol. The third kappa shape index (κ3) is 3.04. The van der Waals surface area contributed by atoms with E-state index < -0.39 is 0 Å². The average Bonchev–Trinajstić information content (AvgIpc) is 2.94. The first-order valence-corrected chi connectivity index (χ1v) is 5.62. The molecule has 2 rings (SSSR count). The number of aromatic nitrogens is 1. The highest BCUT2D eigenvalue weighted by Crippen LogP contribution is 2.25. The summed E-state index contributed by atoms with van der Waals surface area (Å²) in [4.78, 5) is 4.23. The molecule has 90 valence electrons. The molecule has 0 amide bonds. The maximum absolute atomic E-state index is 5.65. The van der Waals surface area contributed by atoms with Crippen LogP contribution in [-0.4, -0.2) is 38.5 Å². The van der Waals surface area contributed by atoms with Crippen LogP contribution in [0.4, 0.5) is 0 Å². The summed E-state index contributed by atoms with van der Waals surface area (Å²) in [6.45, 7) is 3.74. The van der Waals surface area contributed by atoms with Crippen LogP contribution >= 0.6 is 0 Å². The lowest BCUT2D eigenvalue weighted by molar-refractivity contribution is 0.190. The second-order valence-corrected chi connectivity index (χ2v) is 3.89. The minimum Gasteiger partial charge on any atom is -0.444 e. The summed E-state index contributed by atoms with van der Waals surface area (Å²) < 4.78 is 15.9. The van der Waals surface area contributed by atoms with Gasteiger partial charge in [-0.3, -0.25) is 0 Å². The van der Waals surface area contributed by atoms with Gasteiger partial charge in [-0.15, -0.1) is 0 Å². The molecule has 0 aromatic carbocycles. The van der Waals surface area contributed by atoms with Crippen molar-refractivity contribution in [3.63, 3.8) is 0 Å². The fourth-order valence-electron chi connectivity index (χ4n) is 1.72. The van der Waals surface area contributed by atoms with E-state index in [9.17, 15) is 0 Å². The molecule has 0 aliphatic carbocycles. The molecule has 1 aliphatic heterocycles. The molecule has 1 atom stereocenters. The number of hydrogen-bond donors (Lipinski definition) is 1. The molecule has 1 aromatic rings. The normalized spacial score (nSPS) is 20.4. The van der Waals surface area contributed by atoms with E-state index in [1.54, 1.807) is 7.11 Å². The highest BCUT2D eigenvalue weighted by Gasteiger charge is 2.21. The van der Waals surface area contributed by atoms with Gasteiger partial charge in [0.15, 0.2) is 0 Å². The van der Waals surface area contributed by atoms with Gasteiger partial charge in [0.25, 0.3) is 0 Å². The molecule has 0 spiro atoms. The van der Waals surface area contributed by atoms with Crippen molar-refractivity contribution >= 4 is 0 Å². The van der Waals surface area contributed by atoms with Crippen LogP contribution in [-0.2, 0) is 16.0 Å². The van der Waals surface area contributed by atoms with Crippen molar-refractivity contribution in [1.29, 1.82) is 0 Å². The van der Waals surface area contributed by atoms with E-state index in [4.69, 9.17) is 13.9 Å². The van der Waals surface area contributed by atoms with E-state index in [-0.39, 0.29) is 0 Å². The van der Waals surface area contributed by atoms with Gasteiger partial charge in [0, 0.05) is 26.2 Å². The third-order valence-electron chi connectivity index (χ3n) is 2.66. The Kier molecular flexibility index (Phi) is 4.33. The summed E-state index contributed by atoms with van der Waals surface area (Å²) in [5, 5.41) is 3.19. The Morgan fingerprint density at radius 3 is 3.31 bits per heavy atom. The largest absolute Gasteiger partial charge is 0.444 e. The highest BCUT2D eigenvalue weighted by molar-refractivity contribution is 5.03. The van der Waals surface area contributed by atoms with E-state index >= 15 is 0 Å². The summed E-state index contributed by atoms with van der Waals surface area (Å²) in [7, 11) is 1.69. The maximum Gasteiger partial charge on any atom is 0.208 e. The lowest BCUT2D eigenvalue weighted by Gasteiger charge is -2.02. The first-order valence-electron chi connectivity index (χ1n) is 5.62. The van der Waals surface area contributed by atoms with Gasteiger partial charge in [0.05, 0.1) is 26.0 Å². The maximum atomic E-state index is 5.65. The van der Waals surface area contributed by atoms with Gasteiger partial charge < -0.3 is 19.2 Å². The Balaban J connectivity index is 1.77. The highest BCUT2D eigenvalue weighted by atomic mass is 16.5. The predicted octanol–water partition coefficient (Wildman–Crippen LogP) is 0.914. The molecule has 16 heavy (non-hydrogen) atoms. The summed E-state index contributed by atoms with van der Waals surface area (Å²) in [5.41, 5.74) is 0. The summed E-state index contributed by atoms with van der Waals surface area (Å²) in [6, 6.07) is 0. The number of nitrogens with one attached hydrogen (secondary N) is 1. The molecule has 1 saturated heterocycles. The second-order valence-electron chi connectivity index (χ2n) is 3.89. The number of hydrogen-bond acceptors (Lipinski definition) is 5. The second kappa shape index (κ2) is 5.98. The van der Waals surface area contributed by atoms with Gasteiger partial charge >= 0.3 is 0 Å². The number of nitrogens with zero attached hydrogens (tertiary/aromatic N) is 1. The van der Waals surface area contributed by atoms with E-state index in [0.29, 0.717) is 19.1 Å². The standard InChI is InChI=1S/C11H18N2O3/c1-14-5-3-12-7-11-13-6-10(16-11)9-2-4-15-8-9/h6,9,12H,2-5,7-8H2,1H3. The molecule has 0 radical (unpaired) electrons. The van der Waals surface area contributed by atoms with Crippen molar-refractivity contribution in [2.45, 2.75) is 18.9 Å². The molecule has 0 bridgehead atoms. The number of methoxy groups -OCH3 is 1. The van der Waals surface area contributed by atoms with Gasteiger partial charge in [-0.1, -0.05) is 0 Å². The molecule has 1 fully saturated rings. The minimum absolute atomic E-state index is 0.389. The van der Waals surface area contributed by atoms with Crippen LogP contribution in [0.5, 0.6) is 0 Å². The van der Waals surface area contributed by atoms with Crippen LogP contribution < -0.4 is 5.32 Å². The van der Waals surface area contributed by atoms with Crippen molar-refractivity contribution in [2.24, 2.45) is 0 Å². The van der Waals surface area contributed by atoms with Gasteiger partial charge in [-0.2, -0.15) is 0 Å². The van der Waals surface area contributed by atoms with Crippen LogP contribution in [0.2, 0.25) is 0 Å². The summed E-state index contributed by atoms with van der Waals surface area (Å²) >= 11 is 0. The first kappa shape index (κ1) is 11.6. The SMILES string of the molecule is COCCNCc1ncc(C2CCOC2)o1. The fraction of sp³-hybridized carbons (Fsp3) is 0.727. The molecule has 5 nitrogen and oxygen atoms in total. The Hall–Kier alpha value is -0.910. The van der Waals surface area contributed by atoms with Crippen LogP contribution in [0.3, 0.4) is 0 Å². The third-order valence-corrected chi connectivity index (χ3v) is 2.66. The molecule has 5 heteroatoms. The molecule has 1 N–H and O–H groups in total. The van der Waals surface area contributed by atoms with Crippen LogP contribution in [0, 0.1) is 0 Å². The van der Waals surface area contributed by atoms with Gasteiger partial charge in [0.2, 0.25) is 5.89 Å². The zero-order valence-corrected chi connectivity index (χ0v) is 9.57. The number of oxazole rings is 1. The quantitative estimate of drug-likeness (QED) is 0.731. The van der Waals surface area contributed by atoms with Crippen molar-refractivity contribution in [1.82, 2.24) is 10.3 Å². The van der Waals surface area contributed by atoms with Crippen LogP contribution in [0.15, 0.2) is 10.6 Å². The topological polar surface area (TPSA) is 56.5 Å². The van der Waals surface area contributed by atoms with Crippen molar-refractivity contribution in [3.8, 4) is 0 Å². The number of rotatable bonds is 6. The molecule has 2 heterocycles. The Bertz CT molecular complexity index is 308. The van der Waals surface area contributed by atoms with Gasteiger partial charge in [0.1, 0.15) is 5.76 Å². The molecule has 0 saturated carbocycles. The first-order chi connectivity index (χ1) is 7.90. The summed E-state index contributed by atoms with van der Waals surface area (Å²) in [6.07, 6.45) is 2.85. The lowest BCUT2D eigenvalue weighted by atomic mass is 10.1. The number of ether oxygens (including phenoxy) is 2. The smallest absolute Gasteiger partial charge is 0.208 e.